The maximum Gasteiger partial charge on any atom is 0.416 e. The second-order valence-corrected chi connectivity index (χ2v) is 9.70. The van der Waals surface area contributed by atoms with Crippen LogP contribution in [0.1, 0.15) is 17.8 Å². The second-order valence-electron chi connectivity index (χ2n) is 6.72. The lowest BCUT2D eigenvalue weighted by Crippen LogP contribution is -2.34. The van der Waals surface area contributed by atoms with Gasteiger partial charge in [-0.2, -0.15) is 0 Å². The normalized spacial score (nSPS) is 15.2. The predicted octanol–water partition coefficient (Wildman–Crippen LogP) is 3.70. The second kappa shape index (κ2) is 8.10. The van der Waals surface area contributed by atoms with Crippen LogP contribution < -0.4 is 10.6 Å². The average Bonchev–Trinajstić information content (AvgIpc) is 3.44. The molecule has 29 heavy (non-hydrogen) atoms. The van der Waals surface area contributed by atoms with E-state index in [1.165, 1.54) is 6.26 Å². The van der Waals surface area contributed by atoms with Crippen LogP contribution >= 0.6 is 7.14 Å². The topological polar surface area (TPSA) is 76.8 Å². The summed E-state index contributed by atoms with van der Waals surface area (Å²) in [4.78, 5) is 25.9. The first kappa shape index (κ1) is 19.2. The molecule has 1 fully saturated rings. The van der Waals surface area contributed by atoms with Crippen molar-refractivity contribution in [3.63, 3.8) is 0 Å². The number of hydrogen-bond donors (Lipinski definition) is 0. The maximum atomic E-state index is 14.7. The molecule has 1 aliphatic rings. The van der Waals surface area contributed by atoms with Crippen molar-refractivity contribution < 1.29 is 23.3 Å². The Labute approximate surface area is 168 Å². The zero-order valence-corrected chi connectivity index (χ0v) is 16.5. The number of imide groups is 1. The number of hydrogen-bond acceptors (Lipinski definition) is 5. The molecule has 0 unspecified atom stereocenters. The summed E-state index contributed by atoms with van der Waals surface area (Å²) in [6, 6.07) is 21.6. The molecule has 1 saturated heterocycles. The summed E-state index contributed by atoms with van der Waals surface area (Å²) < 4.78 is 25.2. The minimum absolute atomic E-state index is 0.135. The number of carbonyl (C=O) groups is 2. The molecule has 0 saturated carbocycles. The van der Waals surface area contributed by atoms with Crippen LogP contribution in [0.5, 0.6) is 0 Å². The van der Waals surface area contributed by atoms with E-state index >= 15 is 0 Å². The van der Waals surface area contributed by atoms with E-state index in [-0.39, 0.29) is 19.6 Å². The molecule has 0 radical (unpaired) electrons. The summed E-state index contributed by atoms with van der Waals surface area (Å²) in [5, 5.41) is 1.26. The number of rotatable bonds is 6. The lowest BCUT2D eigenvalue weighted by atomic mass is 10.2. The third-order valence-electron chi connectivity index (χ3n) is 5.02. The van der Waals surface area contributed by atoms with Gasteiger partial charge in [0.1, 0.15) is 12.4 Å². The van der Waals surface area contributed by atoms with Crippen molar-refractivity contribution in [2.45, 2.75) is 12.1 Å². The molecular weight excluding hydrogens is 389 g/mol. The van der Waals surface area contributed by atoms with Crippen molar-refractivity contribution in [3.8, 4) is 0 Å². The molecule has 6 nitrogen and oxygen atoms in total. The van der Waals surface area contributed by atoms with E-state index in [4.69, 9.17) is 9.15 Å². The van der Waals surface area contributed by atoms with Gasteiger partial charge in [-0.1, -0.05) is 60.7 Å². The van der Waals surface area contributed by atoms with Gasteiger partial charge in [-0.25, -0.2) is 9.69 Å². The SMILES string of the molecule is O=C(C[C@@H](c1ccco1)P(=O)(c1ccccc1)c1ccccc1)N1CCOC1=O. The molecule has 2 aromatic carbocycles. The van der Waals surface area contributed by atoms with Crippen LogP contribution in [0.15, 0.2) is 83.5 Å². The molecule has 1 aliphatic heterocycles. The lowest BCUT2D eigenvalue weighted by molar-refractivity contribution is -0.127. The van der Waals surface area contributed by atoms with Crippen molar-refractivity contribution in [1.82, 2.24) is 4.90 Å². The molecule has 1 aromatic heterocycles. The highest BCUT2D eigenvalue weighted by molar-refractivity contribution is 7.79. The monoisotopic (exact) mass is 409 g/mol. The number of benzene rings is 2. The van der Waals surface area contributed by atoms with Gasteiger partial charge in [0.25, 0.3) is 0 Å². The van der Waals surface area contributed by atoms with Gasteiger partial charge in [0.05, 0.1) is 18.5 Å². The molecule has 148 valence electrons. The third kappa shape index (κ3) is 3.64. The van der Waals surface area contributed by atoms with Gasteiger partial charge in [0.15, 0.2) is 7.14 Å². The number of nitrogens with zero attached hydrogens (tertiary/aromatic N) is 1. The predicted molar refractivity (Wildman–Crippen MR) is 109 cm³/mol. The van der Waals surface area contributed by atoms with E-state index in [1.54, 1.807) is 36.4 Å². The Hall–Kier alpha value is -3.11. The van der Waals surface area contributed by atoms with E-state index in [0.717, 1.165) is 4.90 Å². The van der Waals surface area contributed by atoms with Gasteiger partial charge < -0.3 is 13.7 Å². The fourth-order valence-corrected chi connectivity index (χ4v) is 6.76. The molecule has 7 heteroatoms. The van der Waals surface area contributed by atoms with E-state index in [0.29, 0.717) is 16.4 Å². The molecule has 0 aliphatic carbocycles. The fourth-order valence-electron chi connectivity index (χ4n) is 3.59. The minimum Gasteiger partial charge on any atom is -0.469 e. The largest absolute Gasteiger partial charge is 0.469 e. The summed E-state index contributed by atoms with van der Waals surface area (Å²) >= 11 is 0. The molecular formula is C22H20NO5P. The van der Waals surface area contributed by atoms with Gasteiger partial charge in [-0.15, -0.1) is 0 Å². The Balaban J connectivity index is 1.83. The van der Waals surface area contributed by atoms with Gasteiger partial charge in [-0.3, -0.25) is 4.79 Å². The quantitative estimate of drug-likeness (QED) is 0.580. The maximum absolute atomic E-state index is 14.7. The van der Waals surface area contributed by atoms with E-state index in [1.807, 2.05) is 36.4 Å². The first-order valence-electron chi connectivity index (χ1n) is 9.32. The molecule has 3 aromatic rings. The summed E-state index contributed by atoms with van der Waals surface area (Å²) in [6.45, 7) is 0.370. The fraction of sp³-hybridized carbons (Fsp3) is 0.182. The Bertz CT molecular complexity index is 990. The Morgan fingerprint density at radius 2 is 1.59 bits per heavy atom. The number of ether oxygens (including phenoxy) is 1. The van der Waals surface area contributed by atoms with Crippen LogP contribution in [0, 0.1) is 0 Å². The van der Waals surface area contributed by atoms with E-state index in [9.17, 15) is 14.2 Å². The highest BCUT2D eigenvalue weighted by Gasteiger charge is 2.42. The molecule has 0 bridgehead atoms. The number of cyclic esters (lactones) is 1. The van der Waals surface area contributed by atoms with Gasteiger partial charge in [-0.05, 0) is 12.1 Å². The molecule has 0 N–H and O–H groups in total. The smallest absolute Gasteiger partial charge is 0.416 e. The number of carbonyl (C=O) groups excluding carboxylic acids is 2. The Morgan fingerprint density at radius 1 is 0.966 bits per heavy atom. The molecule has 2 heterocycles. The van der Waals surface area contributed by atoms with E-state index in [2.05, 4.69) is 0 Å². The van der Waals surface area contributed by atoms with Crippen molar-refractivity contribution in [2.24, 2.45) is 0 Å². The summed E-state index contributed by atoms with van der Waals surface area (Å²) in [5.41, 5.74) is -0.747. The van der Waals surface area contributed by atoms with Gasteiger partial charge in [0, 0.05) is 17.0 Å². The zero-order valence-electron chi connectivity index (χ0n) is 15.6. The standard InChI is InChI=1S/C22H20NO5P/c24-21(23-13-15-28-22(23)25)16-20(19-12-7-14-27-19)29(26,17-8-3-1-4-9-17)18-10-5-2-6-11-18/h1-12,14,20H,13,15-16H2/t20-/m0/s1. The number of furan rings is 1. The summed E-state index contributed by atoms with van der Waals surface area (Å²) in [7, 11) is -3.33. The highest BCUT2D eigenvalue weighted by Crippen LogP contribution is 2.59. The van der Waals surface area contributed by atoms with Crippen molar-refractivity contribution >= 4 is 29.8 Å². The lowest BCUT2D eigenvalue weighted by Gasteiger charge is -2.28. The first-order valence-corrected chi connectivity index (χ1v) is 11.1. The number of amides is 2. The molecule has 2 amide bonds. The first-order chi connectivity index (χ1) is 14.1. The highest BCUT2D eigenvalue weighted by atomic mass is 31.2. The average molecular weight is 409 g/mol. The van der Waals surface area contributed by atoms with Gasteiger partial charge >= 0.3 is 6.09 Å². The zero-order chi connectivity index (χ0) is 20.3. The van der Waals surface area contributed by atoms with Gasteiger partial charge in [0.2, 0.25) is 5.91 Å². The minimum atomic E-state index is -3.33. The Morgan fingerprint density at radius 3 is 2.07 bits per heavy atom. The van der Waals surface area contributed by atoms with Crippen LogP contribution in [-0.4, -0.2) is 30.1 Å². The van der Waals surface area contributed by atoms with Crippen LogP contribution in [0.4, 0.5) is 4.79 Å². The summed E-state index contributed by atoms with van der Waals surface area (Å²) in [5.74, 6) is 0.0166. The molecule has 4 rings (SSSR count). The summed E-state index contributed by atoms with van der Waals surface area (Å²) in [6.07, 6.45) is 0.698. The van der Waals surface area contributed by atoms with E-state index < -0.39 is 24.8 Å². The van der Waals surface area contributed by atoms with Crippen molar-refractivity contribution in [3.05, 3.63) is 84.8 Å². The molecule has 1 atom stereocenters. The third-order valence-corrected chi connectivity index (χ3v) is 8.47. The van der Waals surface area contributed by atoms with Crippen LogP contribution in [0.25, 0.3) is 0 Å². The van der Waals surface area contributed by atoms with Crippen LogP contribution in [-0.2, 0) is 14.1 Å². The molecule has 0 spiro atoms. The Kier molecular flexibility index (Phi) is 5.36. The van der Waals surface area contributed by atoms with Crippen LogP contribution in [0.3, 0.4) is 0 Å². The van der Waals surface area contributed by atoms with Crippen molar-refractivity contribution in [1.29, 1.82) is 0 Å². The van der Waals surface area contributed by atoms with Crippen molar-refractivity contribution in [2.75, 3.05) is 13.2 Å². The van der Waals surface area contributed by atoms with Crippen LogP contribution in [0.2, 0.25) is 0 Å².